The van der Waals surface area contributed by atoms with Gasteiger partial charge in [-0.15, -0.1) is 0 Å². The molecule has 1 aliphatic rings. The minimum Gasteiger partial charge on any atom is -0.487 e. The molecular weight excluding hydrogens is 516 g/mol. The molecule has 0 aliphatic heterocycles. The fraction of sp³-hybridized carbons (Fsp3) is 0.333. The van der Waals surface area contributed by atoms with E-state index in [9.17, 15) is 14.7 Å². The number of aliphatic hydroxyl groups excluding tert-OH is 1. The molecule has 1 fully saturated rings. The van der Waals surface area contributed by atoms with Crippen LogP contribution < -0.4 is 26.2 Å². The van der Waals surface area contributed by atoms with Crippen LogP contribution >= 0.6 is 0 Å². The molecule has 3 aromatic carbocycles. The Labute approximate surface area is 240 Å². The van der Waals surface area contributed by atoms with Gasteiger partial charge in [-0.05, 0) is 66.8 Å². The van der Waals surface area contributed by atoms with Gasteiger partial charge in [0, 0.05) is 23.2 Å². The number of hydrogen-bond acceptors (Lipinski definition) is 5. The van der Waals surface area contributed by atoms with Gasteiger partial charge in [0.1, 0.15) is 12.4 Å². The van der Waals surface area contributed by atoms with E-state index < -0.39 is 0 Å². The van der Waals surface area contributed by atoms with Crippen molar-refractivity contribution < 1.29 is 14.6 Å². The van der Waals surface area contributed by atoms with Crippen molar-refractivity contribution in [1.29, 1.82) is 0 Å². The van der Waals surface area contributed by atoms with Crippen LogP contribution in [0.4, 0.5) is 10.5 Å². The predicted octanol–water partition coefficient (Wildman–Crippen LogP) is 5.43. The molecule has 1 aliphatic carbocycles. The molecule has 0 radical (unpaired) electrons. The van der Waals surface area contributed by atoms with Gasteiger partial charge in [0.05, 0.1) is 18.2 Å². The van der Waals surface area contributed by atoms with Crippen LogP contribution in [-0.4, -0.2) is 35.3 Å². The predicted molar refractivity (Wildman–Crippen MR) is 162 cm³/mol. The molecule has 5 rings (SSSR count). The zero-order valence-corrected chi connectivity index (χ0v) is 23.2. The highest BCUT2D eigenvalue weighted by Gasteiger charge is 2.17. The average molecular weight is 555 g/mol. The molecule has 5 N–H and O–H groups in total. The van der Waals surface area contributed by atoms with Crippen LogP contribution in [-0.2, 0) is 13.0 Å². The van der Waals surface area contributed by atoms with E-state index in [4.69, 9.17) is 4.74 Å². The number of fused-ring (bicyclic) bond motifs is 1. The molecule has 8 nitrogen and oxygen atoms in total. The maximum atomic E-state index is 12.5. The Hall–Kier alpha value is -4.14. The van der Waals surface area contributed by atoms with E-state index in [-0.39, 0.29) is 30.3 Å². The number of aromatic nitrogens is 1. The summed E-state index contributed by atoms with van der Waals surface area (Å²) in [6, 6.07) is 24.5. The van der Waals surface area contributed by atoms with Crippen LogP contribution in [0.1, 0.15) is 54.8 Å². The fourth-order valence-electron chi connectivity index (χ4n) is 5.48. The maximum Gasteiger partial charge on any atom is 0.319 e. The van der Waals surface area contributed by atoms with E-state index >= 15 is 0 Å². The number of H-pyrrole nitrogens is 1. The minimum absolute atomic E-state index is 0.110. The molecule has 4 aromatic rings. The number of carbonyl (C=O) groups is 1. The lowest BCUT2D eigenvalue weighted by molar-refractivity contribution is 0.244. The van der Waals surface area contributed by atoms with Crippen molar-refractivity contribution in [3.8, 4) is 5.75 Å². The molecule has 1 aromatic heterocycles. The number of aromatic amines is 1. The average Bonchev–Trinajstić information content (AvgIpc) is 2.99. The van der Waals surface area contributed by atoms with Gasteiger partial charge >= 0.3 is 6.03 Å². The number of rotatable bonds is 11. The molecule has 0 saturated heterocycles. The molecule has 0 unspecified atom stereocenters. The lowest BCUT2D eigenvalue weighted by Gasteiger charge is -2.23. The molecule has 1 saturated carbocycles. The standard InChI is InChI=1S/C33H38N4O4/c38-21-29(34-19-18-23-10-7-13-26(20-23)36-33(40)35-25-11-5-2-6-12-25)27-14-16-30(32-28(27)15-17-31(39)37-32)41-22-24-8-3-1-4-9-24/h1,3-4,7-10,13-17,20,25,29,34,38H,2,5-6,11-12,18-19,21-22H2,(H,37,39)(H2,35,36,40)/t29-/m1/s1. The van der Waals surface area contributed by atoms with Gasteiger partial charge in [0.2, 0.25) is 5.56 Å². The van der Waals surface area contributed by atoms with Crippen molar-refractivity contribution in [2.45, 2.75) is 57.2 Å². The number of carbonyl (C=O) groups excluding carboxylic acids is 1. The van der Waals surface area contributed by atoms with Gasteiger partial charge in [-0.25, -0.2) is 4.79 Å². The van der Waals surface area contributed by atoms with Crippen LogP contribution in [0.3, 0.4) is 0 Å². The quantitative estimate of drug-likeness (QED) is 0.170. The summed E-state index contributed by atoms with van der Waals surface area (Å²) in [4.78, 5) is 27.6. The highest BCUT2D eigenvalue weighted by atomic mass is 16.5. The summed E-state index contributed by atoms with van der Waals surface area (Å²) in [6.45, 7) is 0.880. The summed E-state index contributed by atoms with van der Waals surface area (Å²) in [5, 5.41) is 20.6. The summed E-state index contributed by atoms with van der Waals surface area (Å²) >= 11 is 0. The highest BCUT2D eigenvalue weighted by Crippen LogP contribution is 2.30. The van der Waals surface area contributed by atoms with E-state index in [2.05, 4.69) is 20.9 Å². The second-order valence-electron chi connectivity index (χ2n) is 10.6. The summed E-state index contributed by atoms with van der Waals surface area (Å²) in [6.07, 6.45) is 6.38. The zero-order valence-electron chi connectivity index (χ0n) is 23.2. The van der Waals surface area contributed by atoms with E-state index in [0.717, 1.165) is 40.6 Å². The van der Waals surface area contributed by atoms with Crippen molar-refractivity contribution in [3.63, 3.8) is 0 Å². The van der Waals surface area contributed by atoms with Gasteiger partial charge in [-0.3, -0.25) is 4.79 Å². The van der Waals surface area contributed by atoms with Crippen LogP contribution in [0.5, 0.6) is 5.75 Å². The Bertz CT molecular complexity index is 1500. The SMILES string of the molecule is O=C(Nc1cccc(CCN[C@H](CO)c2ccc(OCc3ccccc3)c3[nH]c(=O)ccc23)c1)NC1CCCCC1. The van der Waals surface area contributed by atoms with Crippen molar-refractivity contribution in [2.75, 3.05) is 18.5 Å². The molecule has 0 bridgehead atoms. The first-order chi connectivity index (χ1) is 20.1. The number of ether oxygens (including phenoxy) is 1. The first-order valence-electron chi connectivity index (χ1n) is 14.4. The minimum atomic E-state index is -0.339. The van der Waals surface area contributed by atoms with E-state index in [1.807, 2.05) is 66.7 Å². The number of amides is 2. The molecule has 0 spiro atoms. The van der Waals surface area contributed by atoms with Crippen molar-refractivity contribution in [1.82, 2.24) is 15.6 Å². The number of urea groups is 1. The fourth-order valence-corrected chi connectivity index (χ4v) is 5.48. The first kappa shape index (κ1) is 28.4. The zero-order chi connectivity index (χ0) is 28.4. The molecule has 8 heteroatoms. The number of anilines is 1. The molecular formula is C33H38N4O4. The Kier molecular flexibility index (Phi) is 9.67. The topological polar surface area (TPSA) is 115 Å². The molecule has 214 valence electrons. The van der Waals surface area contributed by atoms with Gasteiger partial charge in [0.15, 0.2) is 0 Å². The van der Waals surface area contributed by atoms with E-state index in [0.29, 0.717) is 30.8 Å². The van der Waals surface area contributed by atoms with Crippen LogP contribution in [0.2, 0.25) is 0 Å². The molecule has 1 atom stereocenters. The monoisotopic (exact) mass is 554 g/mol. The molecule has 1 heterocycles. The second kappa shape index (κ2) is 14.0. The third kappa shape index (κ3) is 7.74. The van der Waals surface area contributed by atoms with Gasteiger partial charge in [-0.2, -0.15) is 0 Å². The summed E-state index contributed by atoms with van der Waals surface area (Å²) < 4.78 is 6.06. The van der Waals surface area contributed by atoms with Gasteiger partial charge < -0.3 is 30.8 Å². The van der Waals surface area contributed by atoms with Gasteiger partial charge in [0.25, 0.3) is 0 Å². The number of pyridine rings is 1. The Morgan fingerprint density at radius 1 is 0.951 bits per heavy atom. The number of hydrogen-bond donors (Lipinski definition) is 5. The normalized spacial score (nSPS) is 14.5. The second-order valence-corrected chi connectivity index (χ2v) is 10.6. The summed E-state index contributed by atoms with van der Waals surface area (Å²) in [5.74, 6) is 0.582. The van der Waals surface area contributed by atoms with Crippen LogP contribution in [0.25, 0.3) is 10.9 Å². The Morgan fingerprint density at radius 3 is 2.56 bits per heavy atom. The van der Waals surface area contributed by atoms with Gasteiger partial charge in [-0.1, -0.05) is 67.8 Å². The molecule has 41 heavy (non-hydrogen) atoms. The third-order valence-corrected chi connectivity index (χ3v) is 7.62. The highest BCUT2D eigenvalue weighted by molar-refractivity contribution is 5.89. The van der Waals surface area contributed by atoms with E-state index in [1.165, 1.54) is 25.3 Å². The smallest absolute Gasteiger partial charge is 0.319 e. The summed E-state index contributed by atoms with van der Waals surface area (Å²) in [7, 11) is 0. The Balaban J connectivity index is 1.22. The molecule has 2 amide bonds. The van der Waals surface area contributed by atoms with E-state index in [1.54, 1.807) is 6.07 Å². The number of nitrogens with one attached hydrogen (secondary N) is 4. The third-order valence-electron chi connectivity index (χ3n) is 7.62. The lowest BCUT2D eigenvalue weighted by atomic mass is 9.96. The van der Waals surface area contributed by atoms with Crippen molar-refractivity contribution in [3.05, 3.63) is 106 Å². The lowest BCUT2D eigenvalue weighted by Crippen LogP contribution is -2.39. The van der Waals surface area contributed by atoms with Crippen molar-refractivity contribution in [2.24, 2.45) is 0 Å². The Morgan fingerprint density at radius 2 is 1.76 bits per heavy atom. The summed E-state index contributed by atoms with van der Waals surface area (Å²) in [5.41, 5.74) is 4.13. The number of benzene rings is 3. The van der Waals surface area contributed by atoms with Crippen LogP contribution in [0, 0.1) is 0 Å². The largest absolute Gasteiger partial charge is 0.487 e. The van der Waals surface area contributed by atoms with Crippen LogP contribution in [0.15, 0.2) is 83.7 Å². The first-order valence-corrected chi connectivity index (χ1v) is 14.4. The number of aliphatic hydroxyl groups is 1. The maximum absolute atomic E-state index is 12.5. The van der Waals surface area contributed by atoms with Crippen molar-refractivity contribution >= 4 is 22.6 Å².